The van der Waals surface area contributed by atoms with Gasteiger partial charge in [0.05, 0.1) is 23.4 Å². The fourth-order valence-corrected chi connectivity index (χ4v) is 4.41. The number of ether oxygens (including phenoxy) is 1. The number of aromatic nitrogens is 3. The molecule has 0 spiro atoms. The number of amides is 1. The molecule has 0 bridgehead atoms. The summed E-state index contributed by atoms with van der Waals surface area (Å²) in [7, 11) is 1.40. The summed E-state index contributed by atoms with van der Waals surface area (Å²) in [6.07, 6.45) is 1.44. The fourth-order valence-electron chi connectivity index (χ4n) is 4.09. The van der Waals surface area contributed by atoms with E-state index in [9.17, 15) is 18.0 Å². The molecule has 2 heterocycles. The van der Waals surface area contributed by atoms with Crippen molar-refractivity contribution < 1.29 is 31.1 Å². The lowest BCUT2D eigenvalue weighted by Crippen LogP contribution is -2.33. The second-order valence-corrected chi connectivity index (χ2v) is 9.42. The van der Waals surface area contributed by atoms with Gasteiger partial charge in [-0.15, -0.1) is 0 Å². The van der Waals surface area contributed by atoms with Crippen LogP contribution in [-0.2, 0) is 18.1 Å². The van der Waals surface area contributed by atoms with E-state index in [1.165, 1.54) is 19.4 Å². The van der Waals surface area contributed by atoms with Gasteiger partial charge in [0, 0.05) is 25.4 Å². The highest BCUT2D eigenvalue weighted by atomic mass is 35.5. The van der Waals surface area contributed by atoms with Gasteiger partial charge in [-0.1, -0.05) is 31.4 Å². The smallest absolute Gasteiger partial charge is 0.408 e. The number of carbonyl (C=O) groups is 1. The summed E-state index contributed by atoms with van der Waals surface area (Å²) in [6, 6.07) is -0.423. The number of hydrogen-bond acceptors (Lipinski definition) is 7. The summed E-state index contributed by atoms with van der Waals surface area (Å²) in [5, 5.41) is 9.79. The van der Waals surface area contributed by atoms with Crippen molar-refractivity contribution in [3.63, 3.8) is 0 Å². The lowest BCUT2D eigenvalue weighted by molar-refractivity contribution is -0.138. The van der Waals surface area contributed by atoms with E-state index in [-0.39, 0.29) is 28.2 Å². The number of nitrogens with zero attached hydrogens (tertiary/aromatic N) is 3. The number of halogens is 4. The molecule has 1 aliphatic rings. The summed E-state index contributed by atoms with van der Waals surface area (Å²) < 4.78 is 62.3. The quantitative estimate of drug-likeness (QED) is 0.469. The number of pyridine rings is 1. The zero-order valence-electron chi connectivity index (χ0n) is 21.0. The van der Waals surface area contributed by atoms with Gasteiger partial charge in [-0.3, -0.25) is 9.48 Å². The van der Waals surface area contributed by atoms with Crippen LogP contribution in [-0.4, -0.2) is 55.0 Å². The number of nitrogens with one attached hydrogen (secondary N) is 2. The van der Waals surface area contributed by atoms with Crippen molar-refractivity contribution in [2.24, 2.45) is 11.8 Å². The second-order valence-electron chi connectivity index (χ2n) is 8.91. The molecule has 14 heteroatoms. The van der Waals surface area contributed by atoms with Crippen LogP contribution in [0, 0.1) is 11.8 Å². The molecule has 0 radical (unpaired) electrons. The van der Waals surface area contributed by atoms with E-state index in [0.29, 0.717) is 30.3 Å². The molecule has 37 heavy (non-hydrogen) atoms. The minimum atomic E-state index is -4.42. The number of rotatable bonds is 8. The van der Waals surface area contributed by atoms with Crippen LogP contribution in [0.2, 0.25) is 5.02 Å². The minimum absolute atomic E-state index is 0.00359. The molecular weight excluding hydrogens is 535 g/mol. The van der Waals surface area contributed by atoms with Crippen LogP contribution in [0.25, 0.3) is 11.3 Å². The van der Waals surface area contributed by atoms with Crippen LogP contribution >= 0.6 is 11.6 Å². The highest BCUT2D eigenvalue weighted by molar-refractivity contribution is 7.51. The number of hydrogen-bond donors (Lipinski definition) is 2. The first-order valence-electron chi connectivity index (χ1n) is 11.8. The normalized spacial score (nSPS) is 18.3. The minimum Gasteiger partial charge on any atom is -0.496 e. The van der Waals surface area contributed by atoms with Crippen LogP contribution in [0.1, 0.15) is 56.9 Å². The van der Waals surface area contributed by atoms with Gasteiger partial charge in [-0.2, -0.15) is 26.7 Å². The summed E-state index contributed by atoms with van der Waals surface area (Å²) in [5.41, 5.74) is 0.936. The summed E-state index contributed by atoms with van der Waals surface area (Å²) in [5.74, 6) is 1.07. The molecule has 0 saturated heterocycles. The van der Waals surface area contributed by atoms with Gasteiger partial charge >= 0.3 is 17.7 Å². The third-order valence-electron chi connectivity index (χ3n) is 6.29. The van der Waals surface area contributed by atoms with Gasteiger partial charge in [0.2, 0.25) is 0 Å². The Morgan fingerprint density at radius 3 is 2.46 bits per heavy atom. The molecule has 0 aliphatic heterocycles. The molecule has 2 N–H and O–H groups in total. The van der Waals surface area contributed by atoms with Crippen molar-refractivity contribution in [3.8, 4) is 17.0 Å². The van der Waals surface area contributed by atoms with Gasteiger partial charge in [0.25, 0.3) is 5.91 Å². The first-order chi connectivity index (χ1) is 17.5. The van der Waals surface area contributed by atoms with Crippen molar-refractivity contribution in [1.82, 2.24) is 20.1 Å². The van der Waals surface area contributed by atoms with Gasteiger partial charge in [-0.25, -0.2) is 4.98 Å². The molecule has 206 valence electrons. The summed E-state index contributed by atoms with van der Waals surface area (Å²) in [6.45, 7) is 6.08. The maximum atomic E-state index is 12.9. The molecule has 1 saturated carbocycles. The van der Waals surface area contributed by atoms with E-state index in [1.807, 2.05) is 6.92 Å². The van der Waals surface area contributed by atoms with E-state index in [4.69, 9.17) is 24.8 Å². The Kier molecular flexibility index (Phi) is 11.4. The van der Waals surface area contributed by atoms with Crippen LogP contribution in [0.15, 0.2) is 12.3 Å². The Morgan fingerprint density at radius 2 is 1.92 bits per heavy atom. The molecule has 1 fully saturated rings. The molecule has 1 atom stereocenters. The Morgan fingerprint density at radius 1 is 1.30 bits per heavy atom. The maximum absolute atomic E-state index is 12.9. The monoisotopic (exact) mass is 565 g/mol. The average Bonchev–Trinajstić information content (AvgIpc) is 3.19. The van der Waals surface area contributed by atoms with E-state index in [2.05, 4.69) is 27.6 Å². The zero-order valence-corrected chi connectivity index (χ0v) is 22.6. The number of alkyl halides is 3. The maximum Gasteiger partial charge on any atom is 0.408 e. The van der Waals surface area contributed by atoms with Gasteiger partial charge in [-0.05, 0) is 38.5 Å². The molecule has 0 aromatic carbocycles. The van der Waals surface area contributed by atoms with Crippen LogP contribution in [0.3, 0.4) is 0 Å². The van der Waals surface area contributed by atoms with E-state index >= 15 is 0 Å². The third-order valence-corrected chi connectivity index (χ3v) is 6.65. The standard InChI is InChI=1S/C23H31ClF3N5O2.O2S/c1-5-32-21(16-12-28-18(10-17(16)34-4)30-14(3)23(25,26)27)19(24)20(31-32)22(33)29-11-15-8-6-13(2)7-9-15;1-3-2/h10,12-15H,5-9,11H2,1-4H3,(H,28,30)(H,29,33);/t13?,14-,15?;/m1./s1. The number of anilines is 1. The number of aryl methyl sites for hydroxylation is 1. The van der Waals surface area contributed by atoms with Crippen LogP contribution in [0.4, 0.5) is 19.0 Å². The summed E-state index contributed by atoms with van der Waals surface area (Å²) >= 11 is 5.85. The molecule has 1 amide bonds. The van der Waals surface area contributed by atoms with Crippen molar-refractivity contribution in [2.45, 2.75) is 65.2 Å². The Balaban J connectivity index is 0.00000153. The molecule has 1 aliphatic carbocycles. The van der Waals surface area contributed by atoms with E-state index in [0.717, 1.165) is 38.5 Å². The van der Waals surface area contributed by atoms with Crippen LogP contribution < -0.4 is 15.4 Å². The summed E-state index contributed by atoms with van der Waals surface area (Å²) in [4.78, 5) is 17.0. The average molecular weight is 566 g/mol. The molecule has 2 aromatic rings. The van der Waals surface area contributed by atoms with Crippen LogP contribution in [0.5, 0.6) is 5.75 Å². The first-order valence-corrected chi connectivity index (χ1v) is 12.8. The van der Waals surface area contributed by atoms with Gasteiger partial charge < -0.3 is 15.4 Å². The van der Waals surface area contributed by atoms with Crippen molar-refractivity contribution >= 4 is 34.9 Å². The predicted molar refractivity (Wildman–Crippen MR) is 134 cm³/mol. The van der Waals surface area contributed by atoms with Crippen molar-refractivity contribution in [3.05, 3.63) is 23.0 Å². The number of methoxy groups -OCH3 is 1. The topological polar surface area (TPSA) is 115 Å². The van der Waals surface area contributed by atoms with E-state index < -0.39 is 23.8 Å². The molecule has 9 nitrogen and oxygen atoms in total. The largest absolute Gasteiger partial charge is 0.496 e. The predicted octanol–water partition coefficient (Wildman–Crippen LogP) is 4.88. The Labute approximate surface area is 222 Å². The Hall–Kier alpha value is -2.67. The number of carbonyl (C=O) groups excluding carboxylic acids is 1. The SMILES string of the molecule is CCn1nc(C(=O)NCC2CCC(C)CC2)c(Cl)c1-c1cnc(N[C@H](C)C(F)(F)F)cc1OC.O=S=O. The molecule has 2 aromatic heterocycles. The molecule has 3 rings (SSSR count). The van der Waals surface area contributed by atoms with E-state index in [1.54, 1.807) is 4.68 Å². The molecular formula is C23H31ClF3N5O4S. The zero-order chi connectivity index (χ0) is 27.8. The third kappa shape index (κ3) is 8.16. The van der Waals surface area contributed by atoms with Crippen molar-refractivity contribution in [2.75, 3.05) is 19.0 Å². The lowest BCUT2D eigenvalue weighted by Gasteiger charge is -2.26. The highest BCUT2D eigenvalue weighted by Crippen LogP contribution is 2.38. The Bertz CT molecular complexity index is 1100. The van der Waals surface area contributed by atoms with Gasteiger partial charge in [0.15, 0.2) is 5.69 Å². The first kappa shape index (κ1) is 30.6. The fraction of sp³-hybridized carbons (Fsp3) is 0.609. The lowest BCUT2D eigenvalue weighted by atomic mass is 9.83. The highest BCUT2D eigenvalue weighted by Gasteiger charge is 2.36. The second kappa shape index (κ2) is 13.8. The van der Waals surface area contributed by atoms with Gasteiger partial charge in [0.1, 0.15) is 17.6 Å². The van der Waals surface area contributed by atoms with Crippen molar-refractivity contribution in [1.29, 1.82) is 0 Å². The molecule has 0 unspecified atom stereocenters.